The van der Waals surface area contributed by atoms with Crippen LogP contribution in [0.2, 0.25) is 0 Å². The minimum Gasteiger partial charge on any atom is -0.478 e. The molecule has 1 saturated carbocycles. The number of carboxylic acid groups (broad SMARTS) is 1. The number of carboxylic acids is 1. The molecule has 2 aromatic heterocycles. The number of hydrogen-bond donors (Lipinski definition) is 1. The molecule has 4 aromatic rings. The van der Waals surface area contributed by atoms with Crippen LogP contribution in [0.15, 0.2) is 60.9 Å². The maximum Gasteiger partial charge on any atom is 0.335 e. The highest BCUT2D eigenvalue weighted by molar-refractivity contribution is 5.96. The first-order chi connectivity index (χ1) is 14.6. The van der Waals surface area contributed by atoms with Gasteiger partial charge in [-0.15, -0.1) is 0 Å². The molecule has 1 aliphatic rings. The number of aromatic nitrogens is 2. The summed E-state index contributed by atoms with van der Waals surface area (Å²) >= 11 is 0. The van der Waals surface area contributed by atoms with E-state index in [1.807, 2.05) is 41.2 Å². The van der Waals surface area contributed by atoms with Crippen molar-refractivity contribution < 1.29 is 9.90 Å². The van der Waals surface area contributed by atoms with Crippen LogP contribution >= 0.6 is 0 Å². The van der Waals surface area contributed by atoms with Crippen molar-refractivity contribution in [3.63, 3.8) is 0 Å². The molecule has 0 radical (unpaired) electrons. The molecule has 0 saturated heterocycles. The fourth-order valence-corrected chi connectivity index (χ4v) is 4.69. The van der Waals surface area contributed by atoms with Crippen LogP contribution in [0.25, 0.3) is 27.4 Å². The lowest BCUT2D eigenvalue weighted by atomic mass is 9.78. The van der Waals surface area contributed by atoms with Gasteiger partial charge in [0, 0.05) is 17.7 Å². The van der Waals surface area contributed by atoms with Gasteiger partial charge >= 0.3 is 5.97 Å². The van der Waals surface area contributed by atoms with Gasteiger partial charge in [0.2, 0.25) is 0 Å². The Kier molecular flexibility index (Phi) is 4.48. The van der Waals surface area contributed by atoms with Crippen LogP contribution < -0.4 is 0 Å². The molecule has 0 atom stereocenters. The van der Waals surface area contributed by atoms with Crippen molar-refractivity contribution >= 4 is 22.3 Å². The number of nitrogens with zero attached hydrogens (tertiary/aromatic N) is 3. The average molecular weight is 395 g/mol. The smallest absolute Gasteiger partial charge is 0.335 e. The van der Waals surface area contributed by atoms with Crippen LogP contribution in [-0.2, 0) is 0 Å². The summed E-state index contributed by atoms with van der Waals surface area (Å²) in [4.78, 5) is 11.2. The molecule has 5 rings (SSSR count). The van der Waals surface area contributed by atoms with Crippen LogP contribution in [0, 0.1) is 17.2 Å². The standard InChI is InChI=1S/C25H21N3O2/c26-14-16-3-5-17(6-4-16)22-2-1-11-28-24(22)23(15-27-28)20-9-7-19-13-21(25(29)30)10-8-18(19)12-20/h1-2,7-13,15-17H,3-6H2,(H,29,30). The third-order valence-corrected chi connectivity index (χ3v) is 6.32. The highest BCUT2D eigenvalue weighted by Gasteiger charge is 2.25. The Morgan fingerprint density at radius 2 is 1.83 bits per heavy atom. The largest absolute Gasteiger partial charge is 0.478 e. The highest BCUT2D eigenvalue weighted by atomic mass is 16.4. The van der Waals surface area contributed by atoms with Crippen molar-refractivity contribution in [2.45, 2.75) is 31.6 Å². The van der Waals surface area contributed by atoms with Gasteiger partial charge in [-0.05, 0) is 77.8 Å². The Morgan fingerprint density at radius 3 is 2.60 bits per heavy atom. The Bertz CT molecular complexity index is 1310. The Morgan fingerprint density at radius 1 is 1.07 bits per heavy atom. The lowest BCUT2D eigenvalue weighted by Gasteiger charge is -2.25. The van der Waals surface area contributed by atoms with Crippen LogP contribution in [0.1, 0.15) is 47.5 Å². The molecule has 5 heteroatoms. The van der Waals surface area contributed by atoms with Crippen LogP contribution in [0.4, 0.5) is 0 Å². The number of fused-ring (bicyclic) bond motifs is 2. The van der Waals surface area contributed by atoms with Gasteiger partial charge in [-0.2, -0.15) is 10.4 Å². The van der Waals surface area contributed by atoms with Crippen molar-refractivity contribution in [1.82, 2.24) is 9.61 Å². The average Bonchev–Trinajstić information content (AvgIpc) is 3.23. The van der Waals surface area contributed by atoms with E-state index in [1.54, 1.807) is 12.1 Å². The van der Waals surface area contributed by atoms with E-state index in [1.165, 1.54) is 5.56 Å². The van der Waals surface area contributed by atoms with Gasteiger partial charge in [0.25, 0.3) is 0 Å². The first-order valence-electron chi connectivity index (χ1n) is 10.3. The number of carbonyl (C=O) groups is 1. The van der Waals surface area contributed by atoms with Gasteiger partial charge in [0.1, 0.15) is 0 Å². The number of benzene rings is 2. The van der Waals surface area contributed by atoms with Crippen LogP contribution in [0.5, 0.6) is 0 Å². The quantitative estimate of drug-likeness (QED) is 0.486. The second-order valence-electron chi connectivity index (χ2n) is 8.07. The van der Waals surface area contributed by atoms with Gasteiger partial charge in [0.05, 0.1) is 23.3 Å². The topological polar surface area (TPSA) is 78.4 Å². The maximum atomic E-state index is 11.2. The molecule has 148 valence electrons. The molecule has 1 N–H and O–H groups in total. The minimum atomic E-state index is -0.917. The maximum absolute atomic E-state index is 11.2. The van der Waals surface area contributed by atoms with E-state index < -0.39 is 5.97 Å². The van der Waals surface area contributed by atoms with Crippen molar-refractivity contribution in [2.75, 3.05) is 0 Å². The van der Waals surface area contributed by atoms with E-state index >= 15 is 0 Å². The summed E-state index contributed by atoms with van der Waals surface area (Å²) in [6, 6.07) is 18.0. The Balaban J connectivity index is 1.59. The van der Waals surface area contributed by atoms with Crippen molar-refractivity contribution in [3.8, 4) is 17.2 Å². The molecule has 0 spiro atoms. The summed E-state index contributed by atoms with van der Waals surface area (Å²) in [6.45, 7) is 0. The molecular weight excluding hydrogens is 374 g/mol. The lowest BCUT2D eigenvalue weighted by Crippen LogP contribution is -2.12. The zero-order valence-electron chi connectivity index (χ0n) is 16.5. The number of aromatic carboxylic acids is 1. The zero-order valence-corrected chi connectivity index (χ0v) is 16.5. The van der Waals surface area contributed by atoms with E-state index in [0.717, 1.165) is 53.1 Å². The summed E-state index contributed by atoms with van der Waals surface area (Å²) in [6.07, 6.45) is 7.84. The zero-order chi connectivity index (χ0) is 20.7. The molecule has 1 aliphatic carbocycles. The number of nitriles is 1. The third kappa shape index (κ3) is 3.11. The lowest BCUT2D eigenvalue weighted by molar-refractivity contribution is 0.0697. The summed E-state index contributed by atoms with van der Waals surface area (Å²) in [5.41, 5.74) is 4.86. The summed E-state index contributed by atoms with van der Waals surface area (Å²) in [5.74, 6) is -0.298. The molecule has 30 heavy (non-hydrogen) atoms. The summed E-state index contributed by atoms with van der Waals surface area (Å²) in [5, 5.41) is 24.9. The fraction of sp³-hybridized carbons (Fsp3) is 0.240. The number of pyridine rings is 1. The molecule has 0 bridgehead atoms. The van der Waals surface area contributed by atoms with Gasteiger partial charge in [-0.1, -0.05) is 24.3 Å². The molecule has 2 heterocycles. The molecule has 1 fully saturated rings. The molecule has 5 nitrogen and oxygen atoms in total. The number of hydrogen-bond acceptors (Lipinski definition) is 3. The van der Waals surface area contributed by atoms with Gasteiger partial charge in [-0.25, -0.2) is 9.31 Å². The van der Waals surface area contributed by atoms with E-state index in [4.69, 9.17) is 0 Å². The van der Waals surface area contributed by atoms with Crippen molar-refractivity contribution in [1.29, 1.82) is 5.26 Å². The minimum absolute atomic E-state index is 0.182. The predicted octanol–water partition coefficient (Wildman–Crippen LogP) is 5.65. The van der Waals surface area contributed by atoms with E-state index in [2.05, 4.69) is 23.3 Å². The first kappa shape index (κ1) is 18.4. The monoisotopic (exact) mass is 395 g/mol. The van der Waals surface area contributed by atoms with E-state index in [9.17, 15) is 15.2 Å². The summed E-state index contributed by atoms with van der Waals surface area (Å²) in [7, 11) is 0. The Hall–Kier alpha value is -3.65. The molecular formula is C25H21N3O2. The molecule has 0 amide bonds. The first-order valence-corrected chi connectivity index (χ1v) is 10.3. The molecule has 0 unspecified atom stereocenters. The van der Waals surface area contributed by atoms with Crippen molar-refractivity contribution in [3.05, 3.63) is 72.1 Å². The SMILES string of the molecule is N#CC1CCC(c2cccn3ncc(-c4ccc5cc(C(=O)O)ccc5c4)c23)CC1. The number of rotatable bonds is 3. The summed E-state index contributed by atoms with van der Waals surface area (Å²) < 4.78 is 1.94. The van der Waals surface area contributed by atoms with Gasteiger partial charge < -0.3 is 5.11 Å². The predicted molar refractivity (Wildman–Crippen MR) is 115 cm³/mol. The van der Waals surface area contributed by atoms with Crippen LogP contribution in [-0.4, -0.2) is 20.7 Å². The van der Waals surface area contributed by atoms with Crippen molar-refractivity contribution in [2.24, 2.45) is 5.92 Å². The Labute approximate surface area is 174 Å². The van der Waals surface area contributed by atoms with Crippen LogP contribution in [0.3, 0.4) is 0 Å². The molecule has 2 aromatic carbocycles. The van der Waals surface area contributed by atoms with Gasteiger partial charge in [0.15, 0.2) is 0 Å². The highest BCUT2D eigenvalue weighted by Crippen LogP contribution is 2.40. The fourth-order valence-electron chi connectivity index (χ4n) is 4.69. The normalized spacial score (nSPS) is 19.0. The second kappa shape index (κ2) is 7.31. The third-order valence-electron chi connectivity index (χ3n) is 6.32. The second-order valence-corrected chi connectivity index (χ2v) is 8.07. The van der Waals surface area contributed by atoms with Gasteiger partial charge in [-0.3, -0.25) is 0 Å². The molecule has 0 aliphatic heterocycles. The van der Waals surface area contributed by atoms with E-state index in [0.29, 0.717) is 11.5 Å². The van der Waals surface area contributed by atoms with E-state index in [-0.39, 0.29) is 5.92 Å².